The van der Waals surface area contributed by atoms with Gasteiger partial charge in [-0.3, -0.25) is 4.79 Å². The average molecular weight is 197 g/mol. The molecule has 80 valence electrons. The first-order valence-electron chi connectivity index (χ1n) is 5.52. The van der Waals surface area contributed by atoms with Gasteiger partial charge < -0.3 is 10.0 Å². The van der Waals surface area contributed by atoms with Crippen LogP contribution in [0.25, 0.3) is 0 Å². The Bertz CT molecular complexity index is 241. The molecule has 0 aromatic carbocycles. The Morgan fingerprint density at radius 3 is 2.86 bits per heavy atom. The maximum Gasteiger partial charge on any atom is 0.219 e. The van der Waals surface area contributed by atoms with Crippen molar-refractivity contribution in [2.24, 2.45) is 11.3 Å². The molecule has 0 bridgehead atoms. The lowest BCUT2D eigenvalue weighted by molar-refractivity contribution is -0.128. The van der Waals surface area contributed by atoms with Gasteiger partial charge in [-0.1, -0.05) is 0 Å². The van der Waals surface area contributed by atoms with Crippen molar-refractivity contribution in [2.75, 3.05) is 19.7 Å². The molecule has 0 aromatic heterocycles. The van der Waals surface area contributed by atoms with Crippen LogP contribution < -0.4 is 0 Å². The molecule has 1 amide bonds. The largest absolute Gasteiger partial charge is 0.396 e. The number of aliphatic hydroxyl groups excluding tert-OH is 1. The molecule has 2 aliphatic rings. The van der Waals surface area contributed by atoms with Gasteiger partial charge in [0.15, 0.2) is 0 Å². The summed E-state index contributed by atoms with van der Waals surface area (Å²) in [4.78, 5) is 13.2. The SMILES string of the molecule is CC(=O)N1CC[C@@]2(CC[C@H](CO)C2)C1. The molecule has 2 atom stereocenters. The Hall–Kier alpha value is -0.570. The molecule has 1 heterocycles. The molecule has 3 nitrogen and oxygen atoms in total. The fourth-order valence-electron chi connectivity index (χ4n) is 3.06. The van der Waals surface area contributed by atoms with Crippen LogP contribution in [-0.2, 0) is 4.79 Å². The normalized spacial score (nSPS) is 37.0. The highest BCUT2D eigenvalue weighted by atomic mass is 16.3. The van der Waals surface area contributed by atoms with Crippen LogP contribution in [0.5, 0.6) is 0 Å². The molecular weight excluding hydrogens is 178 g/mol. The molecule has 14 heavy (non-hydrogen) atoms. The first-order chi connectivity index (χ1) is 6.65. The van der Waals surface area contributed by atoms with Gasteiger partial charge in [-0.25, -0.2) is 0 Å². The zero-order valence-corrected chi connectivity index (χ0v) is 8.83. The summed E-state index contributed by atoms with van der Waals surface area (Å²) in [5.41, 5.74) is 0.360. The van der Waals surface area contributed by atoms with Crippen molar-refractivity contribution >= 4 is 5.91 Å². The summed E-state index contributed by atoms with van der Waals surface area (Å²) >= 11 is 0. The fourth-order valence-corrected chi connectivity index (χ4v) is 3.06. The number of hydrogen-bond donors (Lipinski definition) is 1. The van der Waals surface area contributed by atoms with Gasteiger partial charge in [0.25, 0.3) is 0 Å². The van der Waals surface area contributed by atoms with Crippen molar-refractivity contribution in [3.63, 3.8) is 0 Å². The van der Waals surface area contributed by atoms with Crippen molar-refractivity contribution in [1.29, 1.82) is 0 Å². The predicted molar refractivity (Wildman–Crippen MR) is 53.7 cm³/mol. The van der Waals surface area contributed by atoms with Crippen molar-refractivity contribution < 1.29 is 9.90 Å². The average Bonchev–Trinajstić information content (AvgIpc) is 2.74. The zero-order chi connectivity index (χ0) is 10.2. The fraction of sp³-hybridized carbons (Fsp3) is 0.909. The van der Waals surface area contributed by atoms with Crippen LogP contribution in [0, 0.1) is 11.3 Å². The van der Waals surface area contributed by atoms with Gasteiger partial charge in [0, 0.05) is 26.6 Å². The second-order valence-electron chi connectivity index (χ2n) is 4.98. The predicted octanol–water partition coefficient (Wildman–Crippen LogP) is 1.02. The van der Waals surface area contributed by atoms with Crippen molar-refractivity contribution in [3.8, 4) is 0 Å². The minimum absolute atomic E-state index is 0.203. The van der Waals surface area contributed by atoms with Crippen molar-refractivity contribution in [1.82, 2.24) is 4.90 Å². The first kappa shape index (κ1) is 9.97. The third-order valence-corrected chi connectivity index (χ3v) is 3.95. The second-order valence-corrected chi connectivity index (χ2v) is 4.98. The molecule has 1 aliphatic heterocycles. The quantitative estimate of drug-likeness (QED) is 0.681. The Kier molecular flexibility index (Phi) is 2.52. The monoisotopic (exact) mass is 197 g/mol. The van der Waals surface area contributed by atoms with E-state index in [0.717, 1.165) is 32.4 Å². The van der Waals surface area contributed by atoms with Gasteiger partial charge in [-0.2, -0.15) is 0 Å². The lowest BCUT2D eigenvalue weighted by Gasteiger charge is -2.23. The Balaban J connectivity index is 1.97. The summed E-state index contributed by atoms with van der Waals surface area (Å²) in [6, 6.07) is 0. The zero-order valence-electron chi connectivity index (χ0n) is 8.83. The topological polar surface area (TPSA) is 40.5 Å². The van der Waals surface area contributed by atoms with Crippen LogP contribution in [0.15, 0.2) is 0 Å². The molecule has 0 aromatic rings. The van der Waals surface area contributed by atoms with Gasteiger partial charge in [0.2, 0.25) is 5.91 Å². The van der Waals surface area contributed by atoms with Gasteiger partial charge >= 0.3 is 0 Å². The molecular formula is C11H19NO2. The van der Waals surface area contributed by atoms with E-state index in [-0.39, 0.29) is 5.91 Å². The van der Waals surface area contributed by atoms with Gasteiger partial charge in [0.1, 0.15) is 0 Å². The van der Waals surface area contributed by atoms with Crippen molar-refractivity contribution in [2.45, 2.75) is 32.6 Å². The number of rotatable bonds is 1. The lowest BCUT2D eigenvalue weighted by Crippen LogP contribution is -2.29. The molecule has 1 saturated carbocycles. The third-order valence-electron chi connectivity index (χ3n) is 3.95. The minimum Gasteiger partial charge on any atom is -0.396 e. The van der Waals surface area contributed by atoms with E-state index in [1.807, 2.05) is 4.90 Å². The number of hydrogen-bond acceptors (Lipinski definition) is 2. The van der Waals surface area contributed by atoms with Crippen LogP contribution in [0.3, 0.4) is 0 Å². The number of amides is 1. The first-order valence-corrected chi connectivity index (χ1v) is 5.52. The highest BCUT2D eigenvalue weighted by Crippen LogP contribution is 2.47. The minimum atomic E-state index is 0.203. The van der Waals surface area contributed by atoms with Crippen molar-refractivity contribution in [3.05, 3.63) is 0 Å². The van der Waals surface area contributed by atoms with E-state index in [4.69, 9.17) is 5.11 Å². The Morgan fingerprint density at radius 2 is 2.36 bits per heavy atom. The molecule has 1 saturated heterocycles. The van der Waals surface area contributed by atoms with Crippen LogP contribution in [-0.4, -0.2) is 35.6 Å². The molecule has 3 heteroatoms. The number of nitrogens with zero attached hydrogens (tertiary/aromatic N) is 1. The van der Waals surface area contributed by atoms with Crippen LogP contribution in [0.1, 0.15) is 32.6 Å². The summed E-state index contributed by atoms with van der Waals surface area (Å²) in [5.74, 6) is 0.691. The van der Waals surface area contributed by atoms with E-state index in [1.165, 1.54) is 6.42 Å². The summed E-state index contributed by atoms with van der Waals surface area (Å²) in [5, 5.41) is 9.10. The maximum atomic E-state index is 11.2. The Labute approximate surface area is 85.1 Å². The number of carbonyl (C=O) groups is 1. The van der Waals surface area contributed by atoms with Crippen LogP contribution >= 0.6 is 0 Å². The van der Waals surface area contributed by atoms with E-state index in [1.54, 1.807) is 6.92 Å². The van der Waals surface area contributed by atoms with E-state index >= 15 is 0 Å². The van der Waals surface area contributed by atoms with Gasteiger partial charge in [-0.05, 0) is 37.0 Å². The van der Waals surface area contributed by atoms with Gasteiger partial charge in [0.05, 0.1) is 0 Å². The highest BCUT2D eigenvalue weighted by Gasteiger charge is 2.44. The molecule has 1 N–H and O–H groups in total. The standard InChI is InChI=1S/C11H19NO2/c1-9(14)12-5-4-11(8-12)3-2-10(6-11)7-13/h10,13H,2-8H2,1H3/t10-,11+/m0/s1. The summed E-state index contributed by atoms with van der Waals surface area (Å²) in [6.45, 7) is 3.83. The number of likely N-dealkylation sites (tertiary alicyclic amines) is 1. The van der Waals surface area contributed by atoms with E-state index in [9.17, 15) is 4.79 Å². The smallest absolute Gasteiger partial charge is 0.219 e. The summed E-state index contributed by atoms with van der Waals surface area (Å²) < 4.78 is 0. The summed E-state index contributed by atoms with van der Waals surface area (Å²) in [7, 11) is 0. The summed E-state index contributed by atoms with van der Waals surface area (Å²) in [6.07, 6.45) is 4.60. The lowest BCUT2D eigenvalue weighted by atomic mass is 9.84. The molecule has 1 aliphatic carbocycles. The highest BCUT2D eigenvalue weighted by molar-refractivity contribution is 5.73. The van der Waals surface area contributed by atoms with Gasteiger partial charge in [-0.15, -0.1) is 0 Å². The molecule has 2 fully saturated rings. The number of aliphatic hydroxyl groups is 1. The molecule has 0 unspecified atom stereocenters. The van der Waals surface area contributed by atoms with E-state index < -0.39 is 0 Å². The molecule has 2 rings (SSSR count). The van der Waals surface area contributed by atoms with Crippen LogP contribution in [0.4, 0.5) is 0 Å². The molecule has 1 spiro atoms. The number of carbonyl (C=O) groups excluding carboxylic acids is 1. The van der Waals surface area contributed by atoms with E-state index in [0.29, 0.717) is 17.9 Å². The molecule has 0 radical (unpaired) electrons. The Morgan fingerprint density at radius 1 is 1.57 bits per heavy atom. The maximum absolute atomic E-state index is 11.2. The van der Waals surface area contributed by atoms with E-state index in [2.05, 4.69) is 0 Å². The second kappa shape index (κ2) is 3.54. The van der Waals surface area contributed by atoms with Crippen LogP contribution in [0.2, 0.25) is 0 Å². The third kappa shape index (κ3) is 1.65.